The largest absolute Gasteiger partial charge is 0.347 e. The van der Waals surface area contributed by atoms with Crippen LogP contribution in [0.4, 0.5) is 0 Å². The number of benzene rings is 1. The van der Waals surface area contributed by atoms with E-state index in [1.54, 1.807) is 6.92 Å². The van der Waals surface area contributed by atoms with Gasteiger partial charge < -0.3 is 4.57 Å². The van der Waals surface area contributed by atoms with E-state index in [1.807, 2.05) is 36.7 Å². The first-order valence-corrected chi connectivity index (χ1v) is 4.59. The molecule has 0 aliphatic rings. The predicted molar refractivity (Wildman–Crippen MR) is 56.5 cm³/mol. The van der Waals surface area contributed by atoms with Gasteiger partial charge in [0.15, 0.2) is 5.78 Å². The molecule has 0 atom stereocenters. The standard InChI is InChI=1S/C12H12NO/c1-8-12(9(2)14)10-6-4-5-7-11(10)13(8)3/h4-5,7H,1-3H3. The second-order valence-electron chi connectivity index (χ2n) is 3.51. The summed E-state index contributed by atoms with van der Waals surface area (Å²) >= 11 is 0. The summed E-state index contributed by atoms with van der Waals surface area (Å²) in [6.07, 6.45) is 0. The summed E-state index contributed by atoms with van der Waals surface area (Å²) in [5.41, 5.74) is 2.87. The molecule has 14 heavy (non-hydrogen) atoms. The number of aryl methyl sites for hydroxylation is 1. The molecular formula is C12H12NO. The third-order valence-corrected chi connectivity index (χ3v) is 2.66. The molecule has 0 spiro atoms. The maximum atomic E-state index is 11.5. The molecule has 1 aromatic carbocycles. The second-order valence-corrected chi connectivity index (χ2v) is 3.51. The number of Topliss-reactive ketones (excluding diaryl/α,β-unsaturated/α-hetero) is 1. The van der Waals surface area contributed by atoms with E-state index in [0.29, 0.717) is 0 Å². The molecule has 1 heterocycles. The van der Waals surface area contributed by atoms with Crippen molar-refractivity contribution in [3.8, 4) is 0 Å². The highest BCUT2D eigenvalue weighted by Crippen LogP contribution is 2.24. The smallest absolute Gasteiger partial charge is 0.162 e. The maximum Gasteiger partial charge on any atom is 0.162 e. The molecule has 0 amide bonds. The average molecular weight is 186 g/mol. The van der Waals surface area contributed by atoms with Crippen LogP contribution in [-0.2, 0) is 7.05 Å². The highest BCUT2D eigenvalue weighted by molar-refractivity contribution is 6.08. The van der Waals surface area contributed by atoms with Crippen LogP contribution >= 0.6 is 0 Å². The number of ketones is 1. The Bertz CT molecular complexity index is 508. The molecule has 1 aromatic heterocycles. The summed E-state index contributed by atoms with van der Waals surface area (Å²) in [5, 5.41) is 0.931. The second kappa shape index (κ2) is 2.98. The molecule has 2 nitrogen and oxygen atoms in total. The topological polar surface area (TPSA) is 22.0 Å². The molecule has 0 saturated heterocycles. The molecule has 0 aliphatic carbocycles. The van der Waals surface area contributed by atoms with Crippen LogP contribution in [0.1, 0.15) is 23.0 Å². The first-order valence-electron chi connectivity index (χ1n) is 4.59. The monoisotopic (exact) mass is 186 g/mol. The van der Waals surface area contributed by atoms with Crippen molar-refractivity contribution >= 4 is 16.7 Å². The Kier molecular flexibility index (Phi) is 1.92. The first kappa shape index (κ1) is 9.00. The molecule has 0 fully saturated rings. The van der Waals surface area contributed by atoms with E-state index in [1.165, 1.54) is 0 Å². The normalized spacial score (nSPS) is 10.8. The number of carbonyl (C=O) groups is 1. The van der Waals surface area contributed by atoms with Crippen LogP contribution in [-0.4, -0.2) is 10.4 Å². The molecule has 71 valence electrons. The number of hydrogen-bond acceptors (Lipinski definition) is 1. The highest BCUT2D eigenvalue weighted by atomic mass is 16.1. The van der Waals surface area contributed by atoms with Crippen molar-refractivity contribution in [3.05, 3.63) is 35.5 Å². The fourth-order valence-electron chi connectivity index (χ4n) is 1.87. The summed E-state index contributed by atoms with van der Waals surface area (Å²) < 4.78 is 2.03. The Morgan fingerprint density at radius 1 is 1.50 bits per heavy atom. The Labute approximate surface area is 83.2 Å². The Morgan fingerprint density at radius 3 is 2.86 bits per heavy atom. The lowest BCUT2D eigenvalue weighted by Crippen LogP contribution is -1.96. The third-order valence-electron chi connectivity index (χ3n) is 2.66. The third kappa shape index (κ3) is 1.07. The number of rotatable bonds is 1. The molecule has 2 heteroatoms. The summed E-state index contributed by atoms with van der Waals surface area (Å²) in [7, 11) is 1.97. The van der Waals surface area contributed by atoms with Gasteiger partial charge in [-0.05, 0) is 26.0 Å². The molecule has 2 aromatic rings. The van der Waals surface area contributed by atoms with Crippen molar-refractivity contribution in [1.82, 2.24) is 4.57 Å². The molecule has 0 N–H and O–H groups in total. The molecule has 1 radical (unpaired) electrons. The van der Waals surface area contributed by atoms with Crippen LogP contribution in [0.15, 0.2) is 18.2 Å². The van der Waals surface area contributed by atoms with Crippen molar-refractivity contribution < 1.29 is 4.79 Å². The van der Waals surface area contributed by atoms with E-state index < -0.39 is 0 Å². The Balaban J connectivity index is 2.95. The van der Waals surface area contributed by atoms with E-state index in [2.05, 4.69) is 6.07 Å². The number of nitrogens with zero attached hydrogens (tertiary/aromatic N) is 1. The van der Waals surface area contributed by atoms with E-state index >= 15 is 0 Å². The molecule has 0 unspecified atom stereocenters. The summed E-state index contributed by atoms with van der Waals surface area (Å²) in [4.78, 5) is 11.5. The van der Waals surface area contributed by atoms with Crippen molar-refractivity contribution in [2.24, 2.45) is 7.05 Å². The molecule has 2 rings (SSSR count). The SMILES string of the molecule is CC(=O)c1c(C)n(C)c2ccc[c]c12. The predicted octanol–water partition coefficient (Wildman–Crippen LogP) is 2.49. The van der Waals surface area contributed by atoms with Crippen molar-refractivity contribution in [2.45, 2.75) is 13.8 Å². The van der Waals surface area contributed by atoms with Crippen LogP contribution in [0.3, 0.4) is 0 Å². The minimum atomic E-state index is 0.107. The minimum Gasteiger partial charge on any atom is -0.347 e. The van der Waals surface area contributed by atoms with Crippen LogP contribution in [0.5, 0.6) is 0 Å². The van der Waals surface area contributed by atoms with Gasteiger partial charge in [0.2, 0.25) is 0 Å². The lowest BCUT2D eigenvalue weighted by Gasteiger charge is -1.97. The van der Waals surface area contributed by atoms with Crippen molar-refractivity contribution in [1.29, 1.82) is 0 Å². The van der Waals surface area contributed by atoms with Gasteiger partial charge in [-0.2, -0.15) is 0 Å². The van der Waals surface area contributed by atoms with Gasteiger partial charge in [0, 0.05) is 29.2 Å². The average Bonchev–Trinajstić information content (AvgIpc) is 2.41. The van der Waals surface area contributed by atoms with E-state index in [4.69, 9.17) is 0 Å². The van der Waals surface area contributed by atoms with Crippen LogP contribution < -0.4 is 0 Å². The zero-order valence-electron chi connectivity index (χ0n) is 8.59. The number of fused-ring (bicyclic) bond motifs is 1. The zero-order valence-corrected chi connectivity index (χ0v) is 8.59. The van der Waals surface area contributed by atoms with Gasteiger partial charge in [-0.1, -0.05) is 12.1 Å². The quantitative estimate of drug-likeness (QED) is 0.627. The maximum absolute atomic E-state index is 11.5. The number of hydrogen-bond donors (Lipinski definition) is 0. The molecule has 0 saturated carbocycles. The van der Waals surface area contributed by atoms with Crippen LogP contribution in [0, 0.1) is 13.0 Å². The van der Waals surface area contributed by atoms with E-state index in [0.717, 1.165) is 22.2 Å². The van der Waals surface area contributed by atoms with Gasteiger partial charge in [0.05, 0.1) is 0 Å². The number of carbonyl (C=O) groups excluding carboxylic acids is 1. The molecular weight excluding hydrogens is 174 g/mol. The van der Waals surface area contributed by atoms with Gasteiger partial charge in [-0.3, -0.25) is 4.79 Å². The number of aromatic nitrogens is 1. The van der Waals surface area contributed by atoms with Crippen LogP contribution in [0.25, 0.3) is 10.9 Å². The molecule has 0 bridgehead atoms. The van der Waals surface area contributed by atoms with Gasteiger partial charge in [-0.25, -0.2) is 0 Å². The Morgan fingerprint density at radius 2 is 2.21 bits per heavy atom. The summed E-state index contributed by atoms with van der Waals surface area (Å²) in [6, 6.07) is 8.90. The summed E-state index contributed by atoms with van der Waals surface area (Å²) in [5.74, 6) is 0.107. The minimum absolute atomic E-state index is 0.107. The van der Waals surface area contributed by atoms with E-state index in [-0.39, 0.29) is 5.78 Å². The van der Waals surface area contributed by atoms with Crippen LogP contribution in [0.2, 0.25) is 0 Å². The van der Waals surface area contributed by atoms with Gasteiger partial charge in [0.1, 0.15) is 0 Å². The van der Waals surface area contributed by atoms with Gasteiger partial charge in [-0.15, -0.1) is 0 Å². The lowest BCUT2D eigenvalue weighted by molar-refractivity contribution is 0.101. The van der Waals surface area contributed by atoms with Crippen molar-refractivity contribution in [3.63, 3.8) is 0 Å². The fourth-order valence-corrected chi connectivity index (χ4v) is 1.87. The lowest BCUT2D eigenvalue weighted by atomic mass is 10.1. The zero-order chi connectivity index (χ0) is 10.3. The Hall–Kier alpha value is -1.57. The van der Waals surface area contributed by atoms with Gasteiger partial charge >= 0.3 is 0 Å². The van der Waals surface area contributed by atoms with Gasteiger partial charge in [0.25, 0.3) is 0 Å². The van der Waals surface area contributed by atoms with Crippen molar-refractivity contribution in [2.75, 3.05) is 0 Å². The summed E-state index contributed by atoms with van der Waals surface area (Å²) in [6.45, 7) is 3.56. The highest BCUT2D eigenvalue weighted by Gasteiger charge is 2.14. The van der Waals surface area contributed by atoms with E-state index in [9.17, 15) is 4.79 Å². The first-order chi connectivity index (χ1) is 6.63. The molecule has 0 aliphatic heterocycles. The fraction of sp³-hybridized carbons (Fsp3) is 0.250.